The van der Waals surface area contributed by atoms with Crippen molar-refractivity contribution >= 4 is 40.6 Å². The van der Waals surface area contributed by atoms with Gasteiger partial charge in [-0.1, -0.05) is 96.5 Å². The number of halogens is 1. The van der Waals surface area contributed by atoms with Crippen LogP contribution in [0.2, 0.25) is 5.02 Å². The molecule has 1 N–H and O–H groups in total. The molecule has 1 aromatic heterocycles. The molecule has 6 rings (SSSR count). The summed E-state index contributed by atoms with van der Waals surface area (Å²) in [7, 11) is 0. The van der Waals surface area contributed by atoms with Crippen LogP contribution in [0.4, 0.5) is 0 Å². The molecule has 4 aromatic carbocycles. The molecule has 0 fully saturated rings. The van der Waals surface area contributed by atoms with Crippen LogP contribution in [0.5, 0.6) is 0 Å². The predicted octanol–water partition coefficient (Wildman–Crippen LogP) is 8.45. The van der Waals surface area contributed by atoms with E-state index in [0.29, 0.717) is 17.0 Å². The summed E-state index contributed by atoms with van der Waals surface area (Å²) in [5.41, 5.74) is 8.03. The molecule has 198 valence electrons. The summed E-state index contributed by atoms with van der Waals surface area (Å²) >= 11 is 6.17. The molecule has 5 heteroatoms. The van der Waals surface area contributed by atoms with E-state index in [1.165, 1.54) is 16.7 Å². The lowest BCUT2D eigenvalue weighted by molar-refractivity contribution is 0.0695. The van der Waals surface area contributed by atoms with Crippen molar-refractivity contribution in [2.45, 2.75) is 32.0 Å². The van der Waals surface area contributed by atoms with Crippen LogP contribution in [0.1, 0.15) is 56.3 Å². The molecular weight excluding hydrogens is 516 g/mol. The van der Waals surface area contributed by atoms with Crippen LogP contribution in [0.3, 0.4) is 0 Å². The number of carboxylic acids is 1. The summed E-state index contributed by atoms with van der Waals surface area (Å²) in [5.74, 6) is -0.877. The normalized spacial score (nSPS) is 14.0. The number of benzene rings is 4. The quantitative estimate of drug-likeness (QED) is 0.213. The molecule has 1 atom stereocenters. The van der Waals surface area contributed by atoms with Gasteiger partial charge < -0.3 is 5.11 Å². The first-order chi connectivity index (χ1) is 19.5. The van der Waals surface area contributed by atoms with Crippen LogP contribution in [-0.4, -0.2) is 21.0 Å². The Kier molecular flexibility index (Phi) is 7.45. The minimum absolute atomic E-state index is 0.142. The molecular formula is C35H29ClN2O2. The van der Waals surface area contributed by atoms with E-state index in [1.54, 1.807) is 12.1 Å². The number of carboxylic acid groups (broad SMARTS) is 1. The average Bonchev–Trinajstić information content (AvgIpc) is 3.40. The third-order valence-corrected chi connectivity index (χ3v) is 7.89. The third kappa shape index (κ3) is 5.69. The van der Waals surface area contributed by atoms with Crippen molar-refractivity contribution in [2.75, 3.05) is 0 Å². The van der Waals surface area contributed by atoms with Gasteiger partial charge in [0.25, 0.3) is 0 Å². The highest BCUT2D eigenvalue weighted by Gasteiger charge is 2.27. The van der Waals surface area contributed by atoms with Crippen molar-refractivity contribution in [3.05, 3.63) is 147 Å². The molecule has 5 aromatic rings. The number of hydrogen-bond acceptors (Lipinski definition) is 3. The van der Waals surface area contributed by atoms with Crippen LogP contribution >= 0.6 is 11.6 Å². The minimum atomic E-state index is -0.877. The van der Waals surface area contributed by atoms with Gasteiger partial charge >= 0.3 is 5.97 Å². The monoisotopic (exact) mass is 544 g/mol. The Bertz CT molecular complexity index is 1700. The highest BCUT2D eigenvalue weighted by molar-refractivity contribution is 6.31. The van der Waals surface area contributed by atoms with Crippen LogP contribution in [0.15, 0.2) is 103 Å². The van der Waals surface area contributed by atoms with Crippen molar-refractivity contribution < 1.29 is 9.90 Å². The smallest absolute Gasteiger partial charge is 0.335 e. The molecule has 1 aliphatic rings. The molecule has 0 aliphatic carbocycles. The molecule has 0 bridgehead atoms. The number of aromatic carboxylic acids is 1. The molecule has 0 saturated heterocycles. The van der Waals surface area contributed by atoms with Gasteiger partial charge in [-0.2, -0.15) is 0 Å². The summed E-state index contributed by atoms with van der Waals surface area (Å²) in [6, 6.07) is 34.5. The van der Waals surface area contributed by atoms with Crippen LogP contribution in [0.25, 0.3) is 23.1 Å². The number of aromatic nitrogens is 1. The van der Waals surface area contributed by atoms with Gasteiger partial charge in [0.15, 0.2) is 0 Å². The molecule has 1 aliphatic heterocycles. The lowest BCUT2D eigenvalue weighted by Crippen LogP contribution is -2.24. The Balaban J connectivity index is 1.28. The van der Waals surface area contributed by atoms with E-state index in [0.717, 1.165) is 47.2 Å². The van der Waals surface area contributed by atoms with Gasteiger partial charge in [-0.3, -0.25) is 4.90 Å². The van der Waals surface area contributed by atoms with E-state index in [2.05, 4.69) is 65.6 Å². The molecule has 0 saturated carbocycles. The van der Waals surface area contributed by atoms with E-state index in [9.17, 15) is 9.90 Å². The molecule has 0 radical (unpaired) electrons. The van der Waals surface area contributed by atoms with Gasteiger partial charge in [-0.15, -0.1) is 0 Å². The van der Waals surface area contributed by atoms with E-state index in [-0.39, 0.29) is 6.04 Å². The van der Waals surface area contributed by atoms with Gasteiger partial charge in [0, 0.05) is 29.5 Å². The second kappa shape index (κ2) is 11.5. The number of aryl methyl sites for hydroxylation is 1. The Hall–Kier alpha value is -4.25. The van der Waals surface area contributed by atoms with Crippen LogP contribution in [0, 0.1) is 0 Å². The fourth-order valence-corrected chi connectivity index (χ4v) is 5.80. The maximum Gasteiger partial charge on any atom is 0.335 e. The number of fused-ring (bicyclic) bond motifs is 2. The highest BCUT2D eigenvalue weighted by Crippen LogP contribution is 2.35. The molecule has 2 heterocycles. The van der Waals surface area contributed by atoms with E-state index in [1.807, 2.05) is 42.5 Å². The fourth-order valence-electron chi connectivity index (χ4n) is 5.63. The van der Waals surface area contributed by atoms with E-state index < -0.39 is 5.97 Å². The van der Waals surface area contributed by atoms with Crippen LogP contribution < -0.4 is 0 Å². The summed E-state index contributed by atoms with van der Waals surface area (Å²) < 4.78 is 0. The Morgan fingerprint density at radius 2 is 1.62 bits per heavy atom. The maximum atomic E-state index is 11.8. The predicted molar refractivity (Wildman–Crippen MR) is 162 cm³/mol. The second-order valence-electron chi connectivity index (χ2n) is 10.3. The molecule has 40 heavy (non-hydrogen) atoms. The second-order valence-corrected chi connectivity index (χ2v) is 10.7. The zero-order valence-corrected chi connectivity index (χ0v) is 22.8. The summed E-state index contributed by atoms with van der Waals surface area (Å²) in [4.78, 5) is 19.1. The fraction of sp³-hybridized carbons (Fsp3) is 0.143. The Morgan fingerprint density at radius 3 is 2.42 bits per heavy atom. The first-order valence-electron chi connectivity index (χ1n) is 13.5. The zero-order valence-electron chi connectivity index (χ0n) is 22.0. The number of carbonyl (C=O) groups is 1. The van der Waals surface area contributed by atoms with Gasteiger partial charge in [-0.05, 0) is 71.0 Å². The summed E-state index contributed by atoms with van der Waals surface area (Å²) in [6.07, 6.45) is 5.63. The zero-order chi connectivity index (χ0) is 27.5. The van der Waals surface area contributed by atoms with Gasteiger partial charge in [-0.25, -0.2) is 9.78 Å². The summed E-state index contributed by atoms with van der Waals surface area (Å²) in [6.45, 7) is 1.76. The van der Waals surface area contributed by atoms with Gasteiger partial charge in [0.2, 0.25) is 0 Å². The lowest BCUT2D eigenvalue weighted by Gasteiger charge is -2.28. The minimum Gasteiger partial charge on any atom is -0.478 e. The number of pyridine rings is 1. The van der Waals surface area contributed by atoms with E-state index >= 15 is 0 Å². The molecule has 0 spiro atoms. The molecule has 4 nitrogen and oxygen atoms in total. The SMILES string of the molecule is O=C(O)c1ccccc1CCC(c1cccc(/C=C/c2ccc3ccc(Cl)cc3n2)c1)N1Cc2ccccc2C1. The topological polar surface area (TPSA) is 53.4 Å². The van der Waals surface area contributed by atoms with E-state index in [4.69, 9.17) is 16.6 Å². The first kappa shape index (κ1) is 26.0. The number of nitrogens with zero attached hydrogens (tertiary/aromatic N) is 2. The van der Waals surface area contributed by atoms with Crippen molar-refractivity contribution in [1.29, 1.82) is 0 Å². The van der Waals surface area contributed by atoms with Crippen molar-refractivity contribution in [3.63, 3.8) is 0 Å². The Morgan fingerprint density at radius 1 is 0.875 bits per heavy atom. The molecule has 1 unspecified atom stereocenters. The number of hydrogen-bond donors (Lipinski definition) is 1. The van der Waals surface area contributed by atoms with Gasteiger partial charge in [0.1, 0.15) is 0 Å². The summed E-state index contributed by atoms with van der Waals surface area (Å²) in [5, 5.41) is 11.4. The van der Waals surface area contributed by atoms with Crippen LogP contribution in [-0.2, 0) is 19.5 Å². The average molecular weight is 545 g/mol. The Labute approximate surface area is 239 Å². The highest BCUT2D eigenvalue weighted by atomic mass is 35.5. The maximum absolute atomic E-state index is 11.8. The standard InChI is InChI=1S/C35H29ClN2O2/c36-30-16-13-26-14-18-31(37-33(26)21-30)17-12-24-6-5-10-27(20-24)34(38-22-28-8-1-2-9-29(28)23-38)19-15-25-7-3-4-11-32(25)35(39)40/h1-14,16-18,20-21,34H,15,19,22-23H2,(H,39,40)/b17-12+. The largest absolute Gasteiger partial charge is 0.478 e. The van der Waals surface area contributed by atoms with Crippen molar-refractivity contribution in [1.82, 2.24) is 9.88 Å². The molecule has 0 amide bonds. The third-order valence-electron chi connectivity index (χ3n) is 7.66. The lowest BCUT2D eigenvalue weighted by atomic mass is 9.94. The number of rotatable bonds is 8. The van der Waals surface area contributed by atoms with Crippen molar-refractivity contribution in [3.8, 4) is 0 Å². The van der Waals surface area contributed by atoms with Crippen molar-refractivity contribution in [2.24, 2.45) is 0 Å². The first-order valence-corrected chi connectivity index (χ1v) is 13.9. The van der Waals surface area contributed by atoms with Gasteiger partial charge in [0.05, 0.1) is 16.8 Å².